The highest BCUT2D eigenvalue weighted by Gasteiger charge is 2.32. The summed E-state index contributed by atoms with van der Waals surface area (Å²) in [7, 11) is 0. The van der Waals surface area contributed by atoms with Gasteiger partial charge >= 0.3 is 5.97 Å². The zero-order valence-corrected chi connectivity index (χ0v) is 17.2. The van der Waals surface area contributed by atoms with Gasteiger partial charge in [-0.15, -0.1) is 0 Å². The minimum absolute atomic E-state index is 0.0611. The Kier molecular flexibility index (Phi) is 5.70. The van der Waals surface area contributed by atoms with Crippen molar-refractivity contribution in [3.8, 4) is 5.75 Å². The Morgan fingerprint density at radius 2 is 1.80 bits per heavy atom. The minimum atomic E-state index is -0.434. The summed E-state index contributed by atoms with van der Waals surface area (Å²) in [5.41, 5.74) is 4.53. The van der Waals surface area contributed by atoms with Crippen LogP contribution in [0, 0.1) is 6.92 Å². The molecule has 1 aromatic heterocycles. The Bertz CT molecular complexity index is 1050. The third kappa shape index (κ3) is 4.01. The molecule has 1 N–H and O–H groups in total. The number of H-pyrrole nitrogens is 1. The van der Waals surface area contributed by atoms with Crippen LogP contribution in [0.3, 0.4) is 0 Å². The predicted octanol–water partition coefficient (Wildman–Crippen LogP) is 4.99. The van der Waals surface area contributed by atoms with Crippen molar-refractivity contribution in [2.75, 3.05) is 6.61 Å². The lowest BCUT2D eigenvalue weighted by molar-refractivity contribution is 0.0465. The Labute approximate surface area is 176 Å². The van der Waals surface area contributed by atoms with E-state index < -0.39 is 5.97 Å². The summed E-state index contributed by atoms with van der Waals surface area (Å²) in [6.07, 6.45) is 1.11. The van der Waals surface area contributed by atoms with Gasteiger partial charge in [-0.05, 0) is 55.0 Å². The van der Waals surface area contributed by atoms with Crippen molar-refractivity contribution in [1.82, 2.24) is 4.98 Å². The molecule has 3 aromatic rings. The summed E-state index contributed by atoms with van der Waals surface area (Å²) in [6, 6.07) is 17.4. The molecule has 0 bridgehead atoms. The lowest BCUT2D eigenvalue weighted by Gasteiger charge is -2.22. The van der Waals surface area contributed by atoms with E-state index in [-0.39, 0.29) is 18.3 Å². The summed E-state index contributed by atoms with van der Waals surface area (Å²) in [4.78, 5) is 28.7. The van der Waals surface area contributed by atoms with Crippen molar-refractivity contribution < 1.29 is 19.1 Å². The number of ketones is 1. The van der Waals surface area contributed by atoms with Gasteiger partial charge in [0, 0.05) is 17.7 Å². The second-order valence-corrected chi connectivity index (χ2v) is 7.57. The molecule has 5 nitrogen and oxygen atoms in total. The lowest BCUT2D eigenvalue weighted by atomic mass is 9.81. The lowest BCUT2D eigenvalue weighted by Crippen LogP contribution is -2.18. The standard InChI is InChI=1S/C25H25NO4/c1-3-29-20-11-9-18(10-12-20)19-13-21-23(22(27)14-19)16(2)24(26-21)25(28)30-15-17-7-5-4-6-8-17/h4-12,19,26H,3,13-15H2,1-2H3/t19-/m1/s1. The van der Waals surface area contributed by atoms with Crippen LogP contribution in [0.25, 0.3) is 0 Å². The van der Waals surface area contributed by atoms with Crippen molar-refractivity contribution in [3.05, 3.63) is 88.2 Å². The van der Waals surface area contributed by atoms with E-state index in [1.807, 2.05) is 68.4 Å². The highest BCUT2D eigenvalue weighted by Crippen LogP contribution is 2.35. The van der Waals surface area contributed by atoms with Crippen LogP contribution in [-0.4, -0.2) is 23.3 Å². The summed E-state index contributed by atoms with van der Waals surface area (Å²) >= 11 is 0. The van der Waals surface area contributed by atoms with Gasteiger partial charge in [0.05, 0.1) is 6.61 Å². The average molecular weight is 403 g/mol. The fraction of sp³-hybridized carbons (Fsp3) is 0.280. The number of fused-ring (bicyclic) bond motifs is 1. The molecule has 30 heavy (non-hydrogen) atoms. The van der Waals surface area contributed by atoms with Gasteiger partial charge in [-0.2, -0.15) is 0 Å². The van der Waals surface area contributed by atoms with Gasteiger partial charge < -0.3 is 14.5 Å². The van der Waals surface area contributed by atoms with E-state index in [1.165, 1.54) is 0 Å². The molecule has 5 heteroatoms. The number of nitrogens with one attached hydrogen (secondary N) is 1. The van der Waals surface area contributed by atoms with Crippen LogP contribution < -0.4 is 4.74 Å². The Balaban J connectivity index is 1.51. The fourth-order valence-electron chi connectivity index (χ4n) is 4.07. The molecular weight excluding hydrogens is 378 g/mol. The number of aromatic amines is 1. The summed E-state index contributed by atoms with van der Waals surface area (Å²) in [6.45, 7) is 4.58. The SMILES string of the molecule is CCOc1ccc([C@H]2CC(=O)c3c([nH]c(C(=O)OCc4ccccc4)c3C)C2)cc1. The highest BCUT2D eigenvalue weighted by atomic mass is 16.5. The topological polar surface area (TPSA) is 68.4 Å². The molecule has 0 spiro atoms. The summed E-state index contributed by atoms with van der Waals surface area (Å²) in [5, 5.41) is 0. The second-order valence-electron chi connectivity index (χ2n) is 7.57. The van der Waals surface area contributed by atoms with Crippen LogP contribution in [0.5, 0.6) is 5.75 Å². The first-order valence-electron chi connectivity index (χ1n) is 10.2. The van der Waals surface area contributed by atoms with Gasteiger partial charge in [0.15, 0.2) is 5.78 Å². The van der Waals surface area contributed by atoms with E-state index in [0.29, 0.717) is 36.3 Å². The van der Waals surface area contributed by atoms with E-state index in [2.05, 4.69) is 4.98 Å². The van der Waals surface area contributed by atoms with Crippen molar-refractivity contribution in [1.29, 1.82) is 0 Å². The van der Waals surface area contributed by atoms with Crippen molar-refractivity contribution in [3.63, 3.8) is 0 Å². The maximum Gasteiger partial charge on any atom is 0.355 e. The monoisotopic (exact) mass is 403 g/mol. The number of esters is 1. The third-order valence-electron chi connectivity index (χ3n) is 5.57. The predicted molar refractivity (Wildman–Crippen MR) is 114 cm³/mol. The molecule has 0 unspecified atom stereocenters. The second kappa shape index (κ2) is 8.57. The molecule has 2 aromatic carbocycles. The zero-order chi connectivity index (χ0) is 21.1. The van der Waals surface area contributed by atoms with Gasteiger partial charge in [0.1, 0.15) is 18.1 Å². The van der Waals surface area contributed by atoms with E-state index >= 15 is 0 Å². The maximum absolute atomic E-state index is 12.9. The highest BCUT2D eigenvalue weighted by molar-refractivity contribution is 6.03. The molecule has 1 atom stereocenters. The minimum Gasteiger partial charge on any atom is -0.494 e. The number of benzene rings is 2. The molecule has 0 saturated heterocycles. The molecular formula is C25H25NO4. The number of hydrogen-bond donors (Lipinski definition) is 1. The normalized spacial score (nSPS) is 15.5. The first-order chi connectivity index (χ1) is 14.6. The van der Waals surface area contributed by atoms with Crippen molar-refractivity contribution >= 4 is 11.8 Å². The number of hydrogen-bond acceptors (Lipinski definition) is 4. The van der Waals surface area contributed by atoms with Crippen molar-refractivity contribution in [2.45, 2.75) is 39.2 Å². The molecule has 1 aliphatic carbocycles. The summed E-state index contributed by atoms with van der Waals surface area (Å²) < 4.78 is 11.0. The van der Waals surface area contributed by atoms with E-state index in [0.717, 1.165) is 22.6 Å². The van der Waals surface area contributed by atoms with E-state index in [9.17, 15) is 9.59 Å². The number of rotatable bonds is 6. The number of ether oxygens (including phenoxy) is 2. The first kappa shape index (κ1) is 20.0. The van der Waals surface area contributed by atoms with Crippen LogP contribution in [0.2, 0.25) is 0 Å². The van der Waals surface area contributed by atoms with Gasteiger partial charge in [-0.25, -0.2) is 4.79 Å². The quantitative estimate of drug-likeness (QED) is 0.589. The molecule has 0 saturated carbocycles. The van der Waals surface area contributed by atoms with Crippen LogP contribution in [0.4, 0.5) is 0 Å². The maximum atomic E-state index is 12.9. The largest absolute Gasteiger partial charge is 0.494 e. The van der Waals surface area contributed by atoms with Crippen LogP contribution >= 0.6 is 0 Å². The number of carbonyl (C=O) groups excluding carboxylic acids is 2. The molecule has 4 rings (SSSR count). The van der Waals surface area contributed by atoms with E-state index in [4.69, 9.17) is 9.47 Å². The molecule has 154 valence electrons. The smallest absolute Gasteiger partial charge is 0.355 e. The van der Waals surface area contributed by atoms with Gasteiger partial charge in [-0.3, -0.25) is 4.79 Å². The average Bonchev–Trinajstić information content (AvgIpc) is 3.10. The summed E-state index contributed by atoms with van der Waals surface area (Å²) in [5.74, 6) is 0.525. The fourth-order valence-corrected chi connectivity index (χ4v) is 4.07. The Morgan fingerprint density at radius 3 is 2.50 bits per heavy atom. The molecule has 1 heterocycles. The van der Waals surface area contributed by atoms with Gasteiger partial charge in [-0.1, -0.05) is 42.5 Å². The van der Waals surface area contributed by atoms with Crippen LogP contribution in [-0.2, 0) is 17.8 Å². The van der Waals surface area contributed by atoms with Crippen molar-refractivity contribution in [2.24, 2.45) is 0 Å². The number of Topliss-reactive ketones (excluding diaryl/α,β-unsaturated/α-hetero) is 1. The Hall–Kier alpha value is -3.34. The first-order valence-corrected chi connectivity index (χ1v) is 10.2. The molecule has 0 fully saturated rings. The Morgan fingerprint density at radius 1 is 1.07 bits per heavy atom. The molecule has 0 amide bonds. The number of aromatic nitrogens is 1. The van der Waals surface area contributed by atoms with Gasteiger partial charge in [0.2, 0.25) is 0 Å². The van der Waals surface area contributed by atoms with Crippen LogP contribution in [0.1, 0.15) is 62.5 Å². The molecule has 0 aliphatic heterocycles. The molecule has 0 radical (unpaired) electrons. The van der Waals surface area contributed by atoms with Gasteiger partial charge in [0.25, 0.3) is 0 Å². The molecule has 1 aliphatic rings. The zero-order valence-electron chi connectivity index (χ0n) is 17.2. The van der Waals surface area contributed by atoms with Crippen LogP contribution in [0.15, 0.2) is 54.6 Å². The number of carbonyl (C=O) groups is 2. The third-order valence-corrected chi connectivity index (χ3v) is 5.57. The van der Waals surface area contributed by atoms with E-state index in [1.54, 1.807) is 0 Å².